The van der Waals surface area contributed by atoms with Gasteiger partial charge in [-0.2, -0.15) is 8.78 Å². The Bertz CT molecular complexity index is 1210. The molecule has 3 aromatic carbocycles. The van der Waals surface area contributed by atoms with Crippen molar-refractivity contribution in [2.75, 3.05) is 18.6 Å². The molecule has 7 nitrogen and oxygen atoms in total. The van der Waals surface area contributed by atoms with Crippen LogP contribution in [0.2, 0.25) is 0 Å². The summed E-state index contributed by atoms with van der Waals surface area (Å²) in [6, 6.07) is 12.7. The van der Waals surface area contributed by atoms with Gasteiger partial charge in [0.1, 0.15) is 11.5 Å². The van der Waals surface area contributed by atoms with Crippen LogP contribution in [0.3, 0.4) is 0 Å². The predicted octanol–water partition coefficient (Wildman–Crippen LogP) is 4.21. The first-order valence-electron chi connectivity index (χ1n) is 10.2. The van der Waals surface area contributed by atoms with Crippen LogP contribution in [-0.4, -0.2) is 37.3 Å². The van der Waals surface area contributed by atoms with Crippen LogP contribution in [0, 0.1) is 0 Å². The van der Waals surface area contributed by atoms with Gasteiger partial charge in [-0.1, -0.05) is 24.3 Å². The van der Waals surface area contributed by atoms with Crippen LogP contribution in [0.4, 0.5) is 14.5 Å². The zero-order valence-corrected chi connectivity index (χ0v) is 17.9. The summed E-state index contributed by atoms with van der Waals surface area (Å²) in [7, 11) is 1.44. The Labute approximate surface area is 188 Å². The van der Waals surface area contributed by atoms with Gasteiger partial charge in [0.25, 0.3) is 5.91 Å². The van der Waals surface area contributed by atoms with Gasteiger partial charge in [0.2, 0.25) is 0 Å². The van der Waals surface area contributed by atoms with Crippen LogP contribution < -0.4 is 14.4 Å². The molecule has 1 N–H and O–H groups in total. The Morgan fingerprint density at radius 3 is 2.52 bits per heavy atom. The van der Waals surface area contributed by atoms with E-state index in [4.69, 9.17) is 9.47 Å². The number of rotatable bonds is 7. The van der Waals surface area contributed by atoms with Crippen LogP contribution in [0.5, 0.6) is 11.5 Å². The summed E-state index contributed by atoms with van der Waals surface area (Å²) < 4.78 is 41.2. The Hall–Kier alpha value is -3.72. The Morgan fingerprint density at radius 1 is 1.15 bits per heavy atom. The van der Waals surface area contributed by atoms with Crippen LogP contribution in [0.25, 0.3) is 10.8 Å². The van der Waals surface area contributed by atoms with E-state index in [1.807, 2.05) is 0 Å². The lowest BCUT2D eigenvalue weighted by Crippen LogP contribution is -2.27. The lowest BCUT2D eigenvalue weighted by atomic mass is 9.98. The number of hydrogen-bond donors (Lipinski definition) is 1. The van der Waals surface area contributed by atoms with E-state index < -0.39 is 18.7 Å². The zero-order chi connectivity index (χ0) is 23.7. The Morgan fingerprint density at radius 2 is 1.88 bits per heavy atom. The fourth-order valence-electron chi connectivity index (χ4n) is 4.04. The van der Waals surface area contributed by atoms with Crippen molar-refractivity contribution in [2.24, 2.45) is 0 Å². The maximum atomic E-state index is 13.3. The number of ether oxygens (including phenoxy) is 3. The number of methoxy groups -OCH3 is 1. The van der Waals surface area contributed by atoms with Gasteiger partial charge in [0.15, 0.2) is 6.23 Å². The van der Waals surface area contributed by atoms with E-state index in [1.165, 1.54) is 13.2 Å². The lowest BCUT2D eigenvalue weighted by Gasteiger charge is -2.21. The second-order valence-corrected chi connectivity index (χ2v) is 7.30. The van der Waals surface area contributed by atoms with Gasteiger partial charge in [-0.3, -0.25) is 14.5 Å². The summed E-state index contributed by atoms with van der Waals surface area (Å²) in [6.07, 6.45) is -1.41. The van der Waals surface area contributed by atoms with Crippen molar-refractivity contribution in [1.82, 2.24) is 0 Å². The van der Waals surface area contributed by atoms with Crippen molar-refractivity contribution >= 4 is 28.3 Å². The van der Waals surface area contributed by atoms with E-state index in [1.54, 1.807) is 49.4 Å². The molecule has 1 amide bonds. The van der Waals surface area contributed by atoms with E-state index >= 15 is 0 Å². The SMILES string of the molecule is CCOC(=O)Cc1ccc(N2C(=O)c3c(OC(F)F)cc4cccc(OC)c4c3C2O)cc1. The highest BCUT2D eigenvalue weighted by atomic mass is 19.3. The van der Waals surface area contributed by atoms with E-state index in [9.17, 15) is 23.5 Å². The Balaban J connectivity index is 1.79. The molecular weight excluding hydrogens is 436 g/mol. The summed E-state index contributed by atoms with van der Waals surface area (Å²) in [5.41, 5.74) is 0.948. The molecule has 0 aromatic heterocycles. The van der Waals surface area contributed by atoms with Crippen LogP contribution in [0.15, 0.2) is 48.5 Å². The fourth-order valence-corrected chi connectivity index (χ4v) is 4.04. The van der Waals surface area contributed by atoms with E-state index in [0.717, 1.165) is 4.90 Å². The third-order valence-electron chi connectivity index (χ3n) is 5.37. The molecule has 0 bridgehead atoms. The summed E-state index contributed by atoms with van der Waals surface area (Å²) >= 11 is 0. The molecule has 0 radical (unpaired) electrons. The number of anilines is 1. The monoisotopic (exact) mass is 457 g/mol. The highest BCUT2D eigenvalue weighted by Crippen LogP contribution is 2.47. The van der Waals surface area contributed by atoms with Gasteiger partial charge in [-0.05, 0) is 42.1 Å². The number of carbonyl (C=O) groups is 2. The molecule has 0 aliphatic carbocycles. The minimum atomic E-state index is -3.15. The third kappa shape index (κ3) is 4.07. The molecule has 0 fully saturated rings. The first kappa shape index (κ1) is 22.5. The minimum absolute atomic E-state index is 0.0546. The smallest absolute Gasteiger partial charge is 0.387 e. The number of hydrogen-bond acceptors (Lipinski definition) is 6. The van der Waals surface area contributed by atoms with Crippen LogP contribution in [0.1, 0.15) is 34.6 Å². The third-order valence-corrected chi connectivity index (χ3v) is 5.37. The van der Waals surface area contributed by atoms with Gasteiger partial charge < -0.3 is 19.3 Å². The van der Waals surface area contributed by atoms with Gasteiger partial charge in [0, 0.05) is 16.6 Å². The standard InChI is InChI=1S/C24H21F2NO6/c1-3-32-18(28)11-13-7-9-15(10-8-13)27-22(29)20-17(33-24(25)26)12-14-5-4-6-16(31-2)19(14)21(20)23(27)30/h4-10,12,23-24,30H,3,11H2,1-2H3. The normalized spacial score (nSPS) is 15.2. The zero-order valence-electron chi connectivity index (χ0n) is 17.9. The number of carbonyl (C=O) groups excluding carboxylic acids is 2. The number of alkyl halides is 2. The second kappa shape index (κ2) is 9.03. The second-order valence-electron chi connectivity index (χ2n) is 7.30. The molecule has 9 heteroatoms. The average molecular weight is 457 g/mol. The number of esters is 1. The summed E-state index contributed by atoms with van der Waals surface area (Å²) in [4.78, 5) is 26.1. The van der Waals surface area contributed by atoms with Crippen molar-refractivity contribution in [3.05, 3.63) is 65.2 Å². The van der Waals surface area contributed by atoms with E-state index in [0.29, 0.717) is 27.8 Å². The van der Waals surface area contributed by atoms with Gasteiger partial charge in [-0.25, -0.2) is 0 Å². The van der Waals surface area contributed by atoms with Crippen molar-refractivity contribution in [2.45, 2.75) is 26.2 Å². The van der Waals surface area contributed by atoms with E-state index in [2.05, 4.69) is 4.74 Å². The first-order valence-corrected chi connectivity index (χ1v) is 10.2. The van der Waals surface area contributed by atoms with Gasteiger partial charge in [0.05, 0.1) is 25.7 Å². The number of benzene rings is 3. The maximum Gasteiger partial charge on any atom is 0.387 e. The van der Waals surface area contributed by atoms with Gasteiger partial charge >= 0.3 is 12.6 Å². The maximum absolute atomic E-state index is 13.3. The highest BCUT2D eigenvalue weighted by molar-refractivity contribution is 6.16. The molecule has 4 rings (SSSR count). The molecule has 3 aromatic rings. The summed E-state index contributed by atoms with van der Waals surface area (Å²) in [6.45, 7) is -1.17. The summed E-state index contributed by atoms with van der Waals surface area (Å²) in [5.74, 6) is -1.03. The number of amides is 1. The number of fused-ring (bicyclic) bond motifs is 3. The summed E-state index contributed by atoms with van der Waals surface area (Å²) in [5, 5.41) is 12.1. The number of aliphatic hydroxyl groups excluding tert-OH is 1. The molecule has 33 heavy (non-hydrogen) atoms. The molecule has 0 spiro atoms. The van der Waals surface area contributed by atoms with E-state index in [-0.39, 0.29) is 35.9 Å². The largest absolute Gasteiger partial charge is 0.496 e. The number of halogens is 2. The first-order chi connectivity index (χ1) is 15.8. The van der Waals surface area contributed by atoms with Gasteiger partial charge in [-0.15, -0.1) is 0 Å². The molecule has 1 unspecified atom stereocenters. The molecular formula is C24H21F2NO6. The van der Waals surface area contributed by atoms with Crippen molar-refractivity contribution in [3.8, 4) is 11.5 Å². The van der Waals surface area contributed by atoms with Crippen LogP contribution in [-0.2, 0) is 16.0 Å². The Kier molecular flexibility index (Phi) is 6.15. The molecule has 1 heterocycles. The minimum Gasteiger partial charge on any atom is -0.496 e. The fraction of sp³-hybridized carbons (Fsp3) is 0.250. The molecule has 0 saturated carbocycles. The predicted molar refractivity (Wildman–Crippen MR) is 116 cm³/mol. The molecule has 1 atom stereocenters. The molecule has 172 valence electrons. The quantitative estimate of drug-likeness (QED) is 0.535. The molecule has 0 saturated heterocycles. The average Bonchev–Trinajstić information content (AvgIpc) is 3.04. The van der Waals surface area contributed by atoms with Crippen LogP contribution >= 0.6 is 0 Å². The lowest BCUT2D eigenvalue weighted by molar-refractivity contribution is -0.142. The number of nitrogens with zero attached hydrogens (tertiary/aromatic N) is 1. The number of aliphatic hydroxyl groups is 1. The molecule has 1 aliphatic rings. The molecule has 1 aliphatic heterocycles. The highest BCUT2D eigenvalue weighted by Gasteiger charge is 2.42. The van der Waals surface area contributed by atoms with Crippen molar-refractivity contribution in [1.29, 1.82) is 0 Å². The topological polar surface area (TPSA) is 85.3 Å². The van der Waals surface area contributed by atoms with Crippen molar-refractivity contribution < 1.29 is 37.7 Å². The van der Waals surface area contributed by atoms with Crippen molar-refractivity contribution in [3.63, 3.8) is 0 Å².